The summed E-state index contributed by atoms with van der Waals surface area (Å²) in [6.07, 6.45) is 0.953. The fourth-order valence-corrected chi connectivity index (χ4v) is 4.87. The highest BCUT2D eigenvalue weighted by atomic mass is 35.5. The standard InChI is InChI=1S/C27H27ClF2N4O6/c1-27(30)11-21(22(35)9-6-15-4-3-5-18(28)24(15)29)34(14-27)26(38)32-19-12-33(25(31)37)20-8-7-16(10-17(19)20)40-13-23(36)39-2/h3-5,7-8,10,12,21H,6,9,11,13-14H2,1-2H3,(H2,31,37)(H,32,38)/t21-,27+/m0/s1. The lowest BCUT2D eigenvalue weighted by molar-refractivity contribution is -0.142. The molecule has 2 aromatic carbocycles. The molecule has 13 heteroatoms. The second kappa shape index (κ2) is 11.5. The van der Waals surface area contributed by atoms with Crippen molar-refractivity contribution in [2.45, 2.75) is 37.9 Å². The van der Waals surface area contributed by atoms with Crippen molar-refractivity contribution in [1.29, 1.82) is 0 Å². The van der Waals surface area contributed by atoms with Crippen LogP contribution >= 0.6 is 11.6 Å². The highest BCUT2D eigenvalue weighted by Crippen LogP contribution is 2.34. The number of esters is 1. The number of halogens is 3. The number of aromatic nitrogens is 1. The van der Waals surface area contributed by atoms with Gasteiger partial charge in [0, 0.05) is 24.4 Å². The largest absolute Gasteiger partial charge is 0.482 e. The molecule has 1 saturated heterocycles. The number of benzene rings is 2. The van der Waals surface area contributed by atoms with Gasteiger partial charge in [0.2, 0.25) is 0 Å². The number of nitrogens with one attached hydrogen (secondary N) is 1. The normalized spacial score (nSPS) is 18.5. The van der Waals surface area contributed by atoms with Crippen molar-refractivity contribution < 1.29 is 37.4 Å². The number of methoxy groups -OCH3 is 1. The van der Waals surface area contributed by atoms with E-state index in [1.54, 1.807) is 6.07 Å². The van der Waals surface area contributed by atoms with E-state index in [2.05, 4.69) is 10.1 Å². The number of amides is 3. The van der Waals surface area contributed by atoms with Gasteiger partial charge in [-0.05, 0) is 43.2 Å². The lowest BCUT2D eigenvalue weighted by Crippen LogP contribution is -2.43. The Hall–Kier alpha value is -4.19. The number of rotatable bonds is 8. The molecule has 212 valence electrons. The second-order valence-electron chi connectivity index (χ2n) is 9.67. The van der Waals surface area contributed by atoms with Crippen LogP contribution in [0.2, 0.25) is 5.02 Å². The molecular weight excluding hydrogens is 550 g/mol. The van der Waals surface area contributed by atoms with Crippen LogP contribution in [0, 0.1) is 5.82 Å². The number of hydrogen-bond acceptors (Lipinski definition) is 6. The summed E-state index contributed by atoms with van der Waals surface area (Å²) < 4.78 is 40.4. The van der Waals surface area contributed by atoms with Crippen molar-refractivity contribution in [3.63, 3.8) is 0 Å². The summed E-state index contributed by atoms with van der Waals surface area (Å²) in [5.41, 5.74) is 4.35. The molecule has 0 spiro atoms. The smallest absolute Gasteiger partial charge is 0.343 e. The molecule has 1 aromatic heterocycles. The predicted molar refractivity (Wildman–Crippen MR) is 143 cm³/mol. The minimum Gasteiger partial charge on any atom is -0.482 e. The summed E-state index contributed by atoms with van der Waals surface area (Å²) in [4.78, 5) is 51.0. The van der Waals surface area contributed by atoms with Crippen molar-refractivity contribution in [3.05, 3.63) is 59.0 Å². The van der Waals surface area contributed by atoms with E-state index in [1.165, 1.54) is 50.6 Å². The first-order valence-corrected chi connectivity index (χ1v) is 12.6. The quantitative estimate of drug-likeness (QED) is 0.381. The molecular formula is C27H27ClF2N4O6. The van der Waals surface area contributed by atoms with Crippen LogP contribution in [0.25, 0.3) is 10.9 Å². The molecule has 2 atom stereocenters. The average molecular weight is 577 g/mol. The van der Waals surface area contributed by atoms with E-state index >= 15 is 4.39 Å². The second-order valence-corrected chi connectivity index (χ2v) is 10.1. The highest BCUT2D eigenvalue weighted by molar-refractivity contribution is 6.30. The zero-order valence-electron chi connectivity index (χ0n) is 21.7. The Balaban J connectivity index is 1.56. The average Bonchev–Trinajstić information content (AvgIpc) is 3.44. The van der Waals surface area contributed by atoms with Gasteiger partial charge in [-0.3, -0.25) is 9.36 Å². The lowest BCUT2D eigenvalue weighted by Gasteiger charge is -2.23. The molecule has 1 aliphatic rings. The molecule has 2 heterocycles. The molecule has 0 radical (unpaired) electrons. The molecule has 1 aliphatic heterocycles. The number of aryl methyl sites for hydroxylation is 1. The van der Waals surface area contributed by atoms with E-state index < -0.39 is 41.3 Å². The van der Waals surface area contributed by atoms with Gasteiger partial charge in [0.1, 0.15) is 17.2 Å². The van der Waals surface area contributed by atoms with Crippen molar-refractivity contribution in [3.8, 4) is 5.75 Å². The van der Waals surface area contributed by atoms with Crippen LogP contribution in [0.15, 0.2) is 42.6 Å². The molecule has 0 unspecified atom stereocenters. The number of nitrogens with two attached hydrogens (primary N) is 1. The maximum Gasteiger partial charge on any atom is 0.343 e. The Bertz CT molecular complexity index is 1490. The number of primary amides is 1. The van der Waals surface area contributed by atoms with E-state index in [1.807, 2.05) is 0 Å². The fourth-order valence-electron chi connectivity index (χ4n) is 4.68. The van der Waals surface area contributed by atoms with E-state index in [9.17, 15) is 23.6 Å². The van der Waals surface area contributed by atoms with Crippen molar-refractivity contribution in [2.75, 3.05) is 25.6 Å². The van der Waals surface area contributed by atoms with Gasteiger partial charge in [0.25, 0.3) is 0 Å². The van der Waals surface area contributed by atoms with E-state index in [-0.39, 0.29) is 54.4 Å². The third kappa shape index (κ3) is 6.17. The number of anilines is 1. The number of carbonyl (C=O) groups excluding carboxylic acids is 4. The number of hydrogen-bond donors (Lipinski definition) is 2. The Morgan fingerprint density at radius 3 is 2.67 bits per heavy atom. The summed E-state index contributed by atoms with van der Waals surface area (Å²) >= 11 is 5.82. The SMILES string of the molecule is COC(=O)COc1ccc2c(c1)c(NC(=O)N1C[C@](C)(F)C[C@H]1C(=O)CCc1cccc(Cl)c1F)cn2C(N)=O. The Kier molecular flexibility index (Phi) is 8.29. The summed E-state index contributed by atoms with van der Waals surface area (Å²) in [6.45, 7) is 0.565. The van der Waals surface area contributed by atoms with Crippen LogP contribution in [0.4, 0.5) is 24.1 Å². The van der Waals surface area contributed by atoms with Gasteiger partial charge >= 0.3 is 18.0 Å². The summed E-state index contributed by atoms with van der Waals surface area (Å²) in [6, 6.07) is 6.26. The minimum atomic E-state index is -1.84. The van der Waals surface area contributed by atoms with Gasteiger partial charge in [-0.1, -0.05) is 23.7 Å². The first-order valence-electron chi connectivity index (χ1n) is 12.3. The first kappa shape index (κ1) is 28.8. The Morgan fingerprint density at radius 2 is 1.98 bits per heavy atom. The van der Waals surface area contributed by atoms with Gasteiger partial charge in [0.15, 0.2) is 12.4 Å². The van der Waals surface area contributed by atoms with Crippen molar-refractivity contribution in [2.24, 2.45) is 5.73 Å². The van der Waals surface area contributed by atoms with Gasteiger partial charge in [-0.2, -0.15) is 0 Å². The fraction of sp³-hybridized carbons (Fsp3) is 0.333. The minimum absolute atomic E-state index is 0.0284. The number of Topliss-reactive ketones (excluding diaryl/α,β-unsaturated/α-hetero) is 1. The maximum absolute atomic E-state index is 15.1. The number of ether oxygens (including phenoxy) is 2. The van der Waals surface area contributed by atoms with Crippen LogP contribution < -0.4 is 15.8 Å². The summed E-state index contributed by atoms with van der Waals surface area (Å²) in [7, 11) is 1.21. The Morgan fingerprint density at radius 1 is 1.23 bits per heavy atom. The molecule has 1 fully saturated rings. The van der Waals surface area contributed by atoms with E-state index in [4.69, 9.17) is 22.1 Å². The molecule has 4 rings (SSSR count). The number of fused-ring (bicyclic) bond motifs is 1. The van der Waals surface area contributed by atoms with Crippen LogP contribution in [-0.2, 0) is 20.7 Å². The molecule has 3 amide bonds. The number of alkyl halides is 1. The topological polar surface area (TPSA) is 133 Å². The molecule has 3 N–H and O–H groups in total. The molecule has 10 nitrogen and oxygen atoms in total. The monoisotopic (exact) mass is 576 g/mol. The van der Waals surface area contributed by atoms with E-state index in [0.29, 0.717) is 10.9 Å². The van der Waals surface area contributed by atoms with Gasteiger partial charge in [-0.15, -0.1) is 0 Å². The van der Waals surface area contributed by atoms with Crippen LogP contribution in [0.3, 0.4) is 0 Å². The third-order valence-electron chi connectivity index (χ3n) is 6.64. The van der Waals surface area contributed by atoms with E-state index in [0.717, 1.165) is 9.47 Å². The molecule has 40 heavy (non-hydrogen) atoms. The maximum atomic E-state index is 15.1. The number of ketones is 1. The number of nitrogens with zero attached hydrogens (tertiary/aromatic N) is 2. The van der Waals surface area contributed by atoms with Gasteiger partial charge < -0.3 is 25.4 Å². The van der Waals surface area contributed by atoms with Crippen LogP contribution in [0.1, 0.15) is 25.3 Å². The number of carbonyl (C=O) groups is 4. The summed E-state index contributed by atoms with van der Waals surface area (Å²) in [5.74, 6) is -1.43. The third-order valence-corrected chi connectivity index (χ3v) is 6.93. The Labute approximate surface area is 232 Å². The predicted octanol–water partition coefficient (Wildman–Crippen LogP) is 4.45. The number of urea groups is 1. The first-order chi connectivity index (χ1) is 18.9. The molecule has 0 bridgehead atoms. The zero-order chi connectivity index (χ0) is 29.2. The van der Waals surface area contributed by atoms with Crippen molar-refractivity contribution >= 4 is 52.0 Å². The summed E-state index contributed by atoms with van der Waals surface area (Å²) in [5, 5.41) is 2.90. The van der Waals surface area contributed by atoms with Gasteiger partial charge in [-0.25, -0.2) is 23.2 Å². The molecule has 0 saturated carbocycles. The lowest BCUT2D eigenvalue weighted by atomic mass is 9.98. The highest BCUT2D eigenvalue weighted by Gasteiger charge is 2.46. The van der Waals surface area contributed by atoms with Crippen LogP contribution in [-0.4, -0.2) is 65.3 Å². The molecule has 0 aliphatic carbocycles. The van der Waals surface area contributed by atoms with Crippen molar-refractivity contribution in [1.82, 2.24) is 9.47 Å². The van der Waals surface area contributed by atoms with Gasteiger partial charge in [0.05, 0.1) is 35.9 Å². The molecule has 3 aromatic rings. The van der Waals surface area contributed by atoms with Crippen LogP contribution in [0.5, 0.6) is 5.75 Å². The zero-order valence-corrected chi connectivity index (χ0v) is 22.5. The number of likely N-dealkylation sites (tertiary alicyclic amines) is 1.